The van der Waals surface area contributed by atoms with E-state index in [1.807, 2.05) is 0 Å². The van der Waals surface area contributed by atoms with E-state index in [9.17, 15) is 22.8 Å². The third-order valence-electron chi connectivity index (χ3n) is 4.44. The summed E-state index contributed by atoms with van der Waals surface area (Å²) in [6.07, 6.45) is -4.52. The molecule has 5 nitrogen and oxygen atoms in total. The number of fused-ring (bicyclic) bond motifs is 1. The molecule has 29 heavy (non-hydrogen) atoms. The topological polar surface area (TPSA) is 62.4 Å². The molecule has 0 fully saturated rings. The van der Waals surface area contributed by atoms with Crippen LogP contribution in [0.5, 0.6) is 0 Å². The van der Waals surface area contributed by atoms with Crippen LogP contribution in [-0.4, -0.2) is 36.9 Å². The summed E-state index contributed by atoms with van der Waals surface area (Å²) in [7, 11) is 1.60. The maximum atomic E-state index is 13.1. The number of rotatable bonds is 6. The zero-order valence-electron chi connectivity index (χ0n) is 15.8. The Kier molecular flexibility index (Phi) is 5.63. The van der Waals surface area contributed by atoms with Crippen molar-refractivity contribution in [2.45, 2.75) is 13.1 Å². The van der Waals surface area contributed by atoms with Crippen LogP contribution in [0.3, 0.4) is 0 Å². The van der Waals surface area contributed by atoms with Gasteiger partial charge in [0.2, 0.25) is 0 Å². The van der Waals surface area contributed by atoms with Crippen molar-refractivity contribution in [3.05, 3.63) is 65.4 Å². The number of anilines is 1. The van der Waals surface area contributed by atoms with Crippen molar-refractivity contribution < 1.29 is 27.5 Å². The SMILES string of the molecule is CCOC(=O)c1[nH]c2cc(C(F)(F)F)ccc2c1N(C)CC(=O)c1ccccc1. The van der Waals surface area contributed by atoms with Crippen molar-refractivity contribution in [2.24, 2.45) is 0 Å². The minimum Gasteiger partial charge on any atom is -0.461 e. The number of ketones is 1. The Morgan fingerprint density at radius 1 is 1.10 bits per heavy atom. The summed E-state index contributed by atoms with van der Waals surface area (Å²) in [5.41, 5.74) is 0.116. The van der Waals surface area contributed by atoms with Gasteiger partial charge >= 0.3 is 12.1 Å². The van der Waals surface area contributed by atoms with Gasteiger partial charge in [-0.25, -0.2) is 4.79 Å². The number of carbonyl (C=O) groups is 2. The monoisotopic (exact) mass is 404 g/mol. The number of Topliss-reactive ketones (excluding diaryl/α,β-unsaturated/α-hetero) is 1. The number of halogens is 3. The number of nitrogens with zero attached hydrogens (tertiary/aromatic N) is 1. The highest BCUT2D eigenvalue weighted by Crippen LogP contribution is 2.36. The second kappa shape index (κ2) is 7.98. The van der Waals surface area contributed by atoms with Crippen LogP contribution in [0.4, 0.5) is 18.9 Å². The number of alkyl halides is 3. The standard InChI is InChI=1S/C21H19F3N2O3/c1-3-29-20(28)18-19(26(2)12-17(27)13-7-5-4-6-8-13)15-10-9-14(21(22,23)24)11-16(15)25-18/h4-11,25H,3,12H2,1-2H3. The van der Waals surface area contributed by atoms with Crippen molar-refractivity contribution in [1.82, 2.24) is 4.98 Å². The molecule has 0 radical (unpaired) electrons. The fraction of sp³-hybridized carbons (Fsp3) is 0.238. The van der Waals surface area contributed by atoms with Crippen LogP contribution in [0, 0.1) is 0 Å². The highest BCUT2D eigenvalue weighted by Gasteiger charge is 2.32. The lowest BCUT2D eigenvalue weighted by atomic mass is 10.1. The highest BCUT2D eigenvalue weighted by molar-refractivity contribution is 6.08. The normalized spacial score (nSPS) is 11.5. The zero-order valence-corrected chi connectivity index (χ0v) is 15.8. The van der Waals surface area contributed by atoms with Gasteiger partial charge < -0.3 is 14.6 Å². The molecule has 2 aromatic carbocycles. The van der Waals surface area contributed by atoms with Gasteiger partial charge in [0.15, 0.2) is 5.78 Å². The molecule has 0 amide bonds. The Morgan fingerprint density at radius 2 is 1.79 bits per heavy atom. The maximum Gasteiger partial charge on any atom is 0.416 e. The summed E-state index contributed by atoms with van der Waals surface area (Å²) in [4.78, 5) is 29.2. The number of esters is 1. The second-order valence-electron chi connectivity index (χ2n) is 6.47. The van der Waals surface area contributed by atoms with E-state index in [0.29, 0.717) is 16.6 Å². The summed E-state index contributed by atoms with van der Waals surface area (Å²) < 4.78 is 44.2. The van der Waals surface area contributed by atoms with Gasteiger partial charge in [0.25, 0.3) is 0 Å². The number of ether oxygens (including phenoxy) is 1. The summed E-state index contributed by atoms with van der Waals surface area (Å²) in [5.74, 6) is -0.893. The molecule has 0 aliphatic rings. The van der Waals surface area contributed by atoms with Crippen molar-refractivity contribution in [3.63, 3.8) is 0 Å². The minimum atomic E-state index is -4.52. The van der Waals surface area contributed by atoms with Gasteiger partial charge in [-0.3, -0.25) is 4.79 Å². The summed E-state index contributed by atoms with van der Waals surface area (Å²) >= 11 is 0. The van der Waals surface area contributed by atoms with Gasteiger partial charge in [-0.05, 0) is 19.1 Å². The molecule has 1 heterocycles. The number of H-pyrrole nitrogens is 1. The second-order valence-corrected chi connectivity index (χ2v) is 6.47. The van der Waals surface area contributed by atoms with Crippen molar-refractivity contribution in [1.29, 1.82) is 0 Å². The smallest absolute Gasteiger partial charge is 0.416 e. The Hall–Kier alpha value is -3.29. The molecule has 0 aliphatic heterocycles. The van der Waals surface area contributed by atoms with Gasteiger partial charge in [-0.15, -0.1) is 0 Å². The molecular weight excluding hydrogens is 385 g/mol. The number of likely N-dealkylation sites (N-methyl/N-ethyl adjacent to an activating group) is 1. The number of carbonyl (C=O) groups excluding carboxylic acids is 2. The fourth-order valence-electron chi connectivity index (χ4n) is 3.12. The molecule has 3 aromatic rings. The Labute approximate surface area is 165 Å². The van der Waals surface area contributed by atoms with E-state index in [-0.39, 0.29) is 30.1 Å². The highest BCUT2D eigenvalue weighted by atomic mass is 19.4. The lowest BCUT2D eigenvalue weighted by Crippen LogP contribution is -2.27. The molecule has 152 valence electrons. The van der Waals surface area contributed by atoms with Gasteiger partial charge in [0, 0.05) is 23.5 Å². The van der Waals surface area contributed by atoms with Crippen LogP contribution < -0.4 is 4.90 Å². The first-order valence-electron chi connectivity index (χ1n) is 8.91. The van der Waals surface area contributed by atoms with Gasteiger partial charge in [0.05, 0.1) is 24.4 Å². The van der Waals surface area contributed by atoms with Crippen molar-refractivity contribution >= 4 is 28.3 Å². The predicted octanol–water partition coefficient (Wildman–Crippen LogP) is 4.68. The number of nitrogens with one attached hydrogen (secondary N) is 1. The lowest BCUT2D eigenvalue weighted by Gasteiger charge is -2.19. The zero-order chi connectivity index (χ0) is 21.2. The van der Waals surface area contributed by atoms with E-state index in [1.165, 1.54) is 11.0 Å². The average Bonchev–Trinajstić information content (AvgIpc) is 3.07. The van der Waals surface area contributed by atoms with Crippen LogP contribution in [0.2, 0.25) is 0 Å². The molecule has 0 saturated heterocycles. The number of benzene rings is 2. The van der Waals surface area contributed by atoms with Crippen molar-refractivity contribution in [2.75, 3.05) is 25.1 Å². The summed E-state index contributed by atoms with van der Waals surface area (Å²) in [6, 6.07) is 11.8. The molecule has 0 bridgehead atoms. The molecule has 0 unspecified atom stereocenters. The largest absolute Gasteiger partial charge is 0.461 e. The lowest BCUT2D eigenvalue weighted by molar-refractivity contribution is -0.137. The van der Waals surface area contributed by atoms with Gasteiger partial charge in [-0.2, -0.15) is 13.2 Å². The fourth-order valence-corrected chi connectivity index (χ4v) is 3.12. The van der Waals surface area contributed by atoms with Crippen LogP contribution >= 0.6 is 0 Å². The first kappa shape index (κ1) is 20.4. The number of hydrogen-bond acceptors (Lipinski definition) is 4. The number of aromatic nitrogens is 1. The van der Waals surface area contributed by atoms with E-state index in [0.717, 1.165) is 12.1 Å². The Balaban J connectivity index is 2.04. The molecule has 0 atom stereocenters. The molecule has 1 aromatic heterocycles. The Morgan fingerprint density at radius 3 is 2.41 bits per heavy atom. The predicted molar refractivity (Wildman–Crippen MR) is 103 cm³/mol. The number of aromatic amines is 1. The van der Waals surface area contributed by atoms with E-state index in [2.05, 4.69) is 4.98 Å². The maximum absolute atomic E-state index is 13.1. The molecule has 8 heteroatoms. The van der Waals surface area contributed by atoms with E-state index in [4.69, 9.17) is 4.74 Å². The molecule has 1 N–H and O–H groups in total. The molecule has 0 spiro atoms. The van der Waals surface area contributed by atoms with E-state index >= 15 is 0 Å². The molecule has 0 aliphatic carbocycles. The van der Waals surface area contributed by atoms with Crippen molar-refractivity contribution in [3.8, 4) is 0 Å². The van der Waals surface area contributed by atoms with Crippen LogP contribution in [0.25, 0.3) is 10.9 Å². The number of hydrogen-bond donors (Lipinski definition) is 1. The third kappa shape index (κ3) is 4.26. The van der Waals surface area contributed by atoms with Crippen LogP contribution in [0.1, 0.15) is 33.3 Å². The molecule has 3 rings (SSSR count). The van der Waals surface area contributed by atoms with E-state index in [1.54, 1.807) is 44.3 Å². The first-order valence-corrected chi connectivity index (χ1v) is 8.91. The Bertz CT molecular complexity index is 1040. The van der Waals surface area contributed by atoms with Crippen LogP contribution in [-0.2, 0) is 10.9 Å². The van der Waals surface area contributed by atoms with E-state index < -0.39 is 17.7 Å². The summed E-state index contributed by atoms with van der Waals surface area (Å²) in [6.45, 7) is 1.67. The average molecular weight is 404 g/mol. The first-order chi connectivity index (χ1) is 13.7. The summed E-state index contributed by atoms with van der Waals surface area (Å²) in [5, 5.41) is 0.393. The van der Waals surface area contributed by atoms with Crippen LogP contribution in [0.15, 0.2) is 48.5 Å². The minimum absolute atomic E-state index is 0.00420. The van der Waals surface area contributed by atoms with Gasteiger partial charge in [0.1, 0.15) is 5.69 Å². The molecular formula is C21H19F3N2O3. The third-order valence-corrected chi connectivity index (χ3v) is 4.44. The molecule has 0 saturated carbocycles. The van der Waals surface area contributed by atoms with Gasteiger partial charge in [-0.1, -0.05) is 36.4 Å². The quantitative estimate of drug-likeness (QED) is 0.479.